The number of aromatic nitrogens is 1. The standard InChI is InChI=1S/C15H19N3O2/c1-11-6-7-12(9-16-11)15(19)17-10-13(18(2)3)14-5-4-8-20-14/h4-9,13H,10H2,1-3H3,(H,17,19)/t13-/m0/s1. The van der Waals surface area contributed by atoms with Crippen LogP contribution in [0.4, 0.5) is 0 Å². The number of carbonyl (C=O) groups excluding carboxylic acids is 1. The second kappa shape index (κ2) is 6.34. The minimum atomic E-state index is -0.129. The van der Waals surface area contributed by atoms with Gasteiger partial charge in [0.05, 0.1) is 17.9 Å². The molecular weight excluding hydrogens is 254 g/mol. The van der Waals surface area contributed by atoms with Crippen LogP contribution in [0.5, 0.6) is 0 Å². The monoisotopic (exact) mass is 273 g/mol. The molecule has 2 heterocycles. The molecule has 5 heteroatoms. The van der Waals surface area contributed by atoms with Gasteiger partial charge < -0.3 is 9.73 Å². The van der Waals surface area contributed by atoms with Gasteiger partial charge in [-0.05, 0) is 45.3 Å². The van der Waals surface area contributed by atoms with Gasteiger partial charge in [0.1, 0.15) is 5.76 Å². The molecule has 1 N–H and O–H groups in total. The molecule has 0 unspecified atom stereocenters. The van der Waals surface area contributed by atoms with Gasteiger partial charge in [0, 0.05) is 18.4 Å². The fourth-order valence-corrected chi connectivity index (χ4v) is 1.91. The van der Waals surface area contributed by atoms with Gasteiger partial charge in [-0.3, -0.25) is 14.7 Å². The molecule has 2 rings (SSSR count). The molecule has 0 fully saturated rings. The van der Waals surface area contributed by atoms with Crippen molar-refractivity contribution in [1.29, 1.82) is 0 Å². The first-order valence-corrected chi connectivity index (χ1v) is 6.48. The van der Waals surface area contributed by atoms with E-state index in [1.54, 1.807) is 18.5 Å². The van der Waals surface area contributed by atoms with E-state index in [0.717, 1.165) is 11.5 Å². The lowest BCUT2D eigenvalue weighted by molar-refractivity contribution is 0.0938. The minimum Gasteiger partial charge on any atom is -0.468 e. The molecule has 106 valence electrons. The van der Waals surface area contributed by atoms with Gasteiger partial charge in [-0.15, -0.1) is 0 Å². The molecular formula is C15H19N3O2. The highest BCUT2D eigenvalue weighted by Crippen LogP contribution is 2.17. The fourth-order valence-electron chi connectivity index (χ4n) is 1.91. The average molecular weight is 273 g/mol. The maximum atomic E-state index is 12.1. The third kappa shape index (κ3) is 3.45. The SMILES string of the molecule is Cc1ccc(C(=O)NC[C@@H](c2ccco2)N(C)C)cn1. The zero-order valence-electron chi connectivity index (χ0n) is 12.0. The molecule has 2 aromatic rings. The van der Waals surface area contributed by atoms with Crippen molar-refractivity contribution in [2.45, 2.75) is 13.0 Å². The third-order valence-corrected chi connectivity index (χ3v) is 3.12. The number of furan rings is 1. The second-order valence-electron chi connectivity index (χ2n) is 4.89. The van der Waals surface area contributed by atoms with Gasteiger partial charge in [-0.25, -0.2) is 0 Å². The van der Waals surface area contributed by atoms with E-state index < -0.39 is 0 Å². The number of aryl methyl sites for hydroxylation is 1. The Balaban J connectivity index is 1.99. The second-order valence-corrected chi connectivity index (χ2v) is 4.89. The van der Waals surface area contributed by atoms with E-state index in [1.165, 1.54) is 0 Å². The summed E-state index contributed by atoms with van der Waals surface area (Å²) in [5.74, 6) is 0.702. The van der Waals surface area contributed by atoms with Crippen molar-refractivity contribution in [1.82, 2.24) is 15.2 Å². The summed E-state index contributed by atoms with van der Waals surface area (Å²) in [5.41, 5.74) is 1.45. The molecule has 0 saturated heterocycles. The molecule has 20 heavy (non-hydrogen) atoms. The number of likely N-dealkylation sites (N-methyl/N-ethyl adjacent to an activating group) is 1. The molecule has 0 bridgehead atoms. The summed E-state index contributed by atoms with van der Waals surface area (Å²) < 4.78 is 5.41. The van der Waals surface area contributed by atoms with Gasteiger partial charge >= 0.3 is 0 Å². The van der Waals surface area contributed by atoms with Crippen LogP contribution in [-0.2, 0) is 0 Å². The van der Waals surface area contributed by atoms with Gasteiger partial charge in [-0.2, -0.15) is 0 Å². The van der Waals surface area contributed by atoms with Crippen LogP contribution in [-0.4, -0.2) is 36.4 Å². The largest absolute Gasteiger partial charge is 0.468 e. The average Bonchev–Trinajstić information content (AvgIpc) is 2.93. The summed E-state index contributed by atoms with van der Waals surface area (Å²) in [7, 11) is 3.90. The fraction of sp³-hybridized carbons (Fsp3) is 0.333. The topological polar surface area (TPSA) is 58.4 Å². The van der Waals surface area contributed by atoms with E-state index in [2.05, 4.69) is 10.3 Å². The highest BCUT2D eigenvalue weighted by Gasteiger charge is 2.18. The minimum absolute atomic E-state index is 0.00681. The van der Waals surface area contributed by atoms with Crippen LogP contribution in [0.25, 0.3) is 0 Å². The molecule has 0 saturated carbocycles. The van der Waals surface area contributed by atoms with Crippen LogP contribution in [0.3, 0.4) is 0 Å². The predicted octanol–water partition coefficient (Wildman–Crippen LogP) is 2.02. The Bertz CT molecular complexity index is 547. The third-order valence-electron chi connectivity index (χ3n) is 3.12. The zero-order valence-corrected chi connectivity index (χ0v) is 12.0. The molecule has 0 aliphatic heterocycles. The van der Waals surface area contributed by atoms with Crippen LogP contribution in [0, 0.1) is 6.92 Å². The Kier molecular flexibility index (Phi) is 4.53. The van der Waals surface area contributed by atoms with Crippen molar-refractivity contribution in [3.05, 3.63) is 53.7 Å². The van der Waals surface area contributed by atoms with Crippen LogP contribution < -0.4 is 5.32 Å². The van der Waals surface area contributed by atoms with E-state index in [1.807, 2.05) is 44.1 Å². The number of hydrogen-bond donors (Lipinski definition) is 1. The Morgan fingerprint density at radius 2 is 2.20 bits per heavy atom. The number of hydrogen-bond acceptors (Lipinski definition) is 4. The Hall–Kier alpha value is -2.14. The number of carbonyl (C=O) groups is 1. The number of nitrogens with zero attached hydrogens (tertiary/aromatic N) is 2. The Morgan fingerprint density at radius 1 is 1.40 bits per heavy atom. The first-order valence-electron chi connectivity index (χ1n) is 6.48. The highest BCUT2D eigenvalue weighted by atomic mass is 16.3. The summed E-state index contributed by atoms with van der Waals surface area (Å²) in [6, 6.07) is 7.36. The smallest absolute Gasteiger partial charge is 0.252 e. The van der Waals surface area contributed by atoms with Crippen LogP contribution in [0.2, 0.25) is 0 Å². The summed E-state index contributed by atoms with van der Waals surface area (Å²) in [4.78, 5) is 18.2. The molecule has 1 amide bonds. The van der Waals surface area contributed by atoms with E-state index in [4.69, 9.17) is 4.42 Å². The molecule has 0 aromatic carbocycles. The van der Waals surface area contributed by atoms with E-state index in [9.17, 15) is 4.79 Å². The Morgan fingerprint density at radius 3 is 2.75 bits per heavy atom. The van der Waals surface area contributed by atoms with Gasteiger partial charge in [-0.1, -0.05) is 0 Å². The lowest BCUT2D eigenvalue weighted by Crippen LogP contribution is -2.34. The zero-order chi connectivity index (χ0) is 14.5. The summed E-state index contributed by atoms with van der Waals surface area (Å²) in [6.07, 6.45) is 3.22. The summed E-state index contributed by atoms with van der Waals surface area (Å²) in [5, 5.41) is 2.91. The molecule has 1 atom stereocenters. The summed E-state index contributed by atoms with van der Waals surface area (Å²) >= 11 is 0. The molecule has 0 aliphatic carbocycles. The molecule has 0 radical (unpaired) electrons. The maximum absolute atomic E-state index is 12.1. The molecule has 2 aromatic heterocycles. The van der Waals surface area contributed by atoms with Crippen LogP contribution in [0.1, 0.15) is 27.9 Å². The predicted molar refractivity (Wildman–Crippen MR) is 76.4 cm³/mol. The van der Waals surface area contributed by atoms with E-state index in [0.29, 0.717) is 12.1 Å². The van der Waals surface area contributed by atoms with E-state index >= 15 is 0 Å². The van der Waals surface area contributed by atoms with Crippen LogP contribution >= 0.6 is 0 Å². The van der Waals surface area contributed by atoms with Crippen LogP contribution in [0.15, 0.2) is 41.1 Å². The number of nitrogens with one attached hydrogen (secondary N) is 1. The number of rotatable bonds is 5. The van der Waals surface area contributed by atoms with Crippen molar-refractivity contribution < 1.29 is 9.21 Å². The van der Waals surface area contributed by atoms with Gasteiger partial charge in [0.2, 0.25) is 0 Å². The van der Waals surface area contributed by atoms with E-state index in [-0.39, 0.29) is 11.9 Å². The van der Waals surface area contributed by atoms with Crippen molar-refractivity contribution in [3.63, 3.8) is 0 Å². The number of amides is 1. The lowest BCUT2D eigenvalue weighted by atomic mass is 10.2. The molecule has 0 spiro atoms. The van der Waals surface area contributed by atoms with Crippen molar-refractivity contribution in [2.75, 3.05) is 20.6 Å². The normalized spacial score (nSPS) is 12.4. The van der Waals surface area contributed by atoms with Crippen molar-refractivity contribution in [2.24, 2.45) is 0 Å². The first kappa shape index (κ1) is 14.3. The Labute approximate surface area is 118 Å². The molecule has 0 aliphatic rings. The lowest BCUT2D eigenvalue weighted by Gasteiger charge is -2.22. The first-order chi connectivity index (χ1) is 9.58. The van der Waals surface area contributed by atoms with Gasteiger partial charge in [0.15, 0.2) is 0 Å². The number of pyridine rings is 1. The quantitative estimate of drug-likeness (QED) is 0.905. The summed E-state index contributed by atoms with van der Waals surface area (Å²) in [6.45, 7) is 2.37. The van der Waals surface area contributed by atoms with Crippen molar-refractivity contribution in [3.8, 4) is 0 Å². The molecule has 5 nitrogen and oxygen atoms in total. The van der Waals surface area contributed by atoms with Gasteiger partial charge in [0.25, 0.3) is 5.91 Å². The van der Waals surface area contributed by atoms with Crippen molar-refractivity contribution >= 4 is 5.91 Å². The maximum Gasteiger partial charge on any atom is 0.252 e. The highest BCUT2D eigenvalue weighted by molar-refractivity contribution is 5.93.